The molecule has 1 heterocycles. The Morgan fingerprint density at radius 2 is 1.31 bits per heavy atom. The van der Waals surface area contributed by atoms with Gasteiger partial charge in [0.15, 0.2) is 0 Å². The van der Waals surface area contributed by atoms with Crippen molar-refractivity contribution in [2.75, 3.05) is 39.4 Å². The summed E-state index contributed by atoms with van der Waals surface area (Å²) in [7, 11) is 0. The standard InChI is InChI=1S/C25H30N6O4/c26-22(27)18-4-8-20(9-5-18)34-16-2-1-12-30-14-15-31(25(33)24(30)32)13-3-17-35-21-10-6-19(7-11-21)23(28)29/h1-2,4-11H,3,12-17H2,(H3,26,27)(H3,28,29). The highest BCUT2D eigenvalue weighted by molar-refractivity contribution is 6.35. The van der Waals surface area contributed by atoms with Gasteiger partial charge < -0.3 is 30.7 Å². The molecule has 1 fully saturated rings. The van der Waals surface area contributed by atoms with Crippen LogP contribution in [0.5, 0.6) is 11.5 Å². The molecule has 1 aliphatic heterocycles. The summed E-state index contributed by atoms with van der Waals surface area (Å²) in [4.78, 5) is 27.9. The van der Waals surface area contributed by atoms with Crippen molar-refractivity contribution in [3.63, 3.8) is 0 Å². The summed E-state index contributed by atoms with van der Waals surface area (Å²) >= 11 is 0. The zero-order chi connectivity index (χ0) is 25.2. The van der Waals surface area contributed by atoms with E-state index in [1.807, 2.05) is 0 Å². The summed E-state index contributed by atoms with van der Waals surface area (Å²) in [5, 5.41) is 14.8. The van der Waals surface area contributed by atoms with E-state index in [2.05, 4.69) is 0 Å². The predicted octanol–water partition coefficient (Wildman–Crippen LogP) is 1.33. The summed E-state index contributed by atoms with van der Waals surface area (Å²) < 4.78 is 11.3. The van der Waals surface area contributed by atoms with Crippen LogP contribution in [0.15, 0.2) is 60.7 Å². The fourth-order valence-corrected chi connectivity index (χ4v) is 3.42. The maximum Gasteiger partial charge on any atom is 0.312 e. The quantitative estimate of drug-likeness (QED) is 0.118. The van der Waals surface area contributed by atoms with Crippen molar-refractivity contribution in [1.82, 2.24) is 9.80 Å². The van der Waals surface area contributed by atoms with E-state index in [0.29, 0.717) is 68.4 Å². The molecule has 0 saturated carbocycles. The lowest BCUT2D eigenvalue weighted by Gasteiger charge is -2.33. The van der Waals surface area contributed by atoms with Crippen molar-refractivity contribution in [2.45, 2.75) is 6.42 Å². The molecule has 0 radical (unpaired) electrons. The van der Waals surface area contributed by atoms with Crippen LogP contribution in [0.3, 0.4) is 0 Å². The van der Waals surface area contributed by atoms with Crippen molar-refractivity contribution in [1.29, 1.82) is 10.8 Å². The number of hydrogen-bond acceptors (Lipinski definition) is 6. The van der Waals surface area contributed by atoms with E-state index in [-0.39, 0.29) is 11.7 Å². The number of nitrogens with two attached hydrogens (primary N) is 2. The van der Waals surface area contributed by atoms with Crippen molar-refractivity contribution in [2.24, 2.45) is 11.5 Å². The Hall–Kier alpha value is -4.34. The lowest BCUT2D eigenvalue weighted by Crippen LogP contribution is -2.54. The van der Waals surface area contributed by atoms with Crippen LogP contribution in [0.1, 0.15) is 17.5 Å². The van der Waals surface area contributed by atoms with Gasteiger partial charge in [0.2, 0.25) is 0 Å². The zero-order valence-corrected chi connectivity index (χ0v) is 19.4. The van der Waals surface area contributed by atoms with Gasteiger partial charge in [-0.25, -0.2) is 0 Å². The summed E-state index contributed by atoms with van der Waals surface area (Å²) in [6.45, 7) is 2.45. The highest BCUT2D eigenvalue weighted by atomic mass is 16.5. The van der Waals surface area contributed by atoms with Crippen molar-refractivity contribution >= 4 is 23.5 Å². The average Bonchev–Trinajstić information content (AvgIpc) is 2.85. The number of rotatable bonds is 12. The second-order valence-electron chi connectivity index (χ2n) is 7.90. The number of piperazine rings is 1. The summed E-state index contributed by atoms with van der Waals surface area (Å²) in [5.74, 6) is 0.295. The van der Waals surface area contributed by atoms with Crippen LogP contribution in [-0.2, 0) is 9.59 Å². The molecule has 1 aliphatic rings. The van der Waals surface area contributed by atoms with Crippen LogP contribution in [0.2, 0.25) is 0 Å². The lowest BCUT2D eigenvalue weighted by molar-refractivity contribution is -0.155. The molecular weight excluding hydrogens is 448 g/mol. The molecular formula is C25H30N6O4. The van der Waals surface area contributed by atoms with Crippen LogP contribution < -0.4 is 20.9 Å². The number of amidine groups is 2. The third-order valence-corrected chi connectivity index (χ3v) is 5.41. The predicted molar refractivity (Wildman–Crippen MR) is 133 cm³/mol. The van der Waals surface area contributed by atoms with E-state index < -0.39 is 11.8 Å². The Morgan fingerprint density at radius 1 is 0.800 bits per heavy atom. The van der Waals surface area contributed by atoms with E-state index in [0.717, 1.165) is 0 Å². The number of nitrogens with one attached hydrogen (secondary N) is 2. The topological polar surface area (TPSA) is 159 Å². The fraction of sp³-hybridized carbons (Fsp3) is 0.280. The van der Waals surface area contributed by atoms with Crippen LogP contribution in [0.4, 0.5) is 0 Å². The maximum absolute atomic E-state index is 12.4. The van der Waals surface area contributed by atoms with Crippen LogP contribution in [0.25, 0.3) is 0 Å². The first-order valence-electron chi connectivity index (χ1n) is 11.2. The smallest absolute Gasteiger partial charge is 0.312 e. The number of ether oxygens (including phenoxy) is 2. The SMILES string of the molecule is N=C(N)c1ccc(OCC=CCN2CCN(CCCOc3ccc(C(=N)N)cc3)C(=O)C2=O)cc1. The molecule has 0 aliphatic carbocycles. The number of carbonyl (C=O) groups excluding carboxylic acids is 2. The minimum atomic E-state index is -0.512. The molecule has 3 rings (SSSR count). The van der Waals surface area contributed by atoms with Crippen LogP contribution >= 0.6 is 0 Å². The molecule has 184 valence electrons. The molecule has 1 saturated heterocycles. The third kappa shape index (κ3) is 7.32. The van der Waals surface area contributed by atoms with Gasteiger partial charge in [-0.05, 0) is 61.0 Å². The molecule has 10 nitrogen and oxygen atoms in total. The van der Waals surface area contributed by atoms with E-state index in [1.54, 1.807) is 65.6 Å². The lowest BCUT2D eigenvalue weighted by atomic mass is 10.2. The normalized spacial score (nSPS) is 13.8. The number of benzene rings is 2. The highest BCUT2D eigenvalue weighted by Gasteiger charge is 2.31. The number of carbonyl (C=O) groups is 2. The summed E-state index contributed by atoms with van der Waals surface area (Å²) in [5.41, 5.74) is 12.1. The largest absolute Gasteiger partial charge is 0.494 e. The van der Waals surface area contributed by atoms with Gasteiger partial charge in [0, 0.05) is 37.3 Å². The number of nitrogens with zero attached hydrogens (tertiary/aromatic N) is 2. The van der Waals surface area contributed by atoms with E-state index in [9.17, 15) is 9.59 Å². The van der Waals surface area contributed by atoms with Gasteiger partial charge in [-0.1, -0.05) is 6.08 Å². The van der Waals surface area contributed by atoms with E-state index in [4.69, 9.17) is 31.8 Å². The molecule has 0 bridgehead atoms. The third-order valence-electron chi connectivity index (χ3n) is 5.41. The van der Waals surface area contributed by atoms with Crippen LogP contribution in [-0.4, -0.2) is 72.7 Å². The first-order chi connectivity index (χ1) is 16.8. The number of amides is 2. The number of nitrogen functional groups attached to an aromatic ring is 2. The monoisotopic (exact) mass is 478 g/mol. The molecule has 0 spiro atoms. The first kappa shape index (κ1) is 25.3. The second kappa shape index (κ2) is 12.2. The summed E-state index contributed by atoms with van der Waals surface area (Å²) in [6, 6.07) is 13.8. The van der Waals surface area contributed by atoms with E-state index >= 15 is 0 Å². The minimum absolute atomic E-state index is 0.000000956. The zero-order valence-electron chi connectivity index (χ0n) is 19.4. The van der Waals surface area contributed by atoms with Crippen molar-refractivity contribution in [3.05, 3.63) is 71.8 Å². The molecule has 2 aromatic rings. The molecule has 0 atom stereocenters. The molecule has 6 N–H and O–H groups in total. The summed E-state index contributed by atoms with van der Waals surface area (Å²) in [6.07, 6.45) is 4.19. The van der Waals surface area contributed by atoms with Gasteiger partial charge in [0.25, 0.3) is 0 Å². The Morgan fingerprint density at radius 3 is 1.89 bits per heavy atom. The van der Waals surface area contributed by atoms with Gasteiger partial charge in [-0.2, -0.15) is 0 Å². The van der Waals surface area contributed by atoms with Crippen molar-refractivity contribution in [3.8, 4) is 11.5 Å². The van der Waals surface area contributed by atoms with Crippen LogP contribution in [0, 0.1) is 10.8 Å². The Labute approximate surface area is 204 Å². The molecule has 2 aromatic carbocycles. The molecule has 10 heteroatoms. The molecule has 0 aromatic heterocycles. The van der Waals surface area contributed by atoms with Gasteiger partial charge in [-0.3, -0.25) is 20.4 Å². The first-order valence-corrected chi connectivity index (χ1v) is 11.2. The Bertz CT molecular complexity index is 1080. The highest BCUT2D eigenvalue weighted by Crippen LogP contribution is 2.13. The number of hydrogen-bond donors (Lipinski definition) is 4. The molecule has 35 heavy (non-hydrogen) atoms. The molecule has 2 amide bonds. The van der Waals surface area contributed by atoms with E-state index in [1.165, 1.54) is 4.90 Å². The Kier molecular flexibility index (Phi) is 8.82. The molecule has 0 unspecified atom stereocenters. The second-order valence-corrected chi connectivity index (χ2v) is 7.90. The minimum Gasteiger partial charge on any atom is -0.494 e. The fourth-order valence-electron chi connectivity index (χ4n) is 3.42. The van der Waals surface area contributed by atoms with Crippen molar-refractivity contribution < 1.29 is 19.1 Å². The van der Waals surface area contributed by atoms with Gasteiger partial charge in [0.1, 0.15) is 29.8 Å². The van der Waals surface area contributed by atoms with Gasteiger partial charge in [-0.15, -0.1) is 0 Å². The average molecular weight is 479 g/mol. The Balaban J connectivity index is 1.34. The maximum atomic E-state index is 12.4. The van der Waals surface area contributed by atoms with Gasteiger partial charge in [0.05, 0.1) is 6.61 Å². The van der Waals surface area contributed by atoms with Gasteiger partial charge >= 0.3 is 11.8 Å².